The minimum Gasteiger partial charge on any atom is -0.444 e. The van der Waals surface area contributed by atoms with Crippen LogP contribution in [0.25, 0.3) is 5.69 Å². The molecular weight excluding hydrogens is 325 g/mol. The summed E-state index contributed by atoms with van der Waals surface area (Å²) in [4.78, 5) is 11.8. The second-order valence-electron chi connectivity index (χ2n) is 5.30. The number of carbonyl (C=O) groups is 1. The molecule has 1 amide bonds. The van der Waals surface area contributed by atoms with Crippen LogP contribution < -0.4 is 5.32 Å². The van der Waals surface area contributed by atoms with Crippen LogP contribution >= 0.6 is 0 Å². The van der Waals surface area contributed by atoms with Gasteiger partial charge in [0.15, 0.2) is 5.82 Å². The molecule has 0 aliphatic heterocycles. The SMILES string of the molecule is O=C(Nc1ccc(-n2cc(CO)cn2)c(F)c1)OCc1ccccc1. The van der Waals surface area contributed by atoms with Crippen LogP contribution in [0.15, 0.2) is 60.9 Å². The molecule has 0 bridgehead atoms. The van der Waals surface area contributed by atoms with Crippen molar-refractivity contribution < 1.29 is 19.0 Å². The van der Waals surface area contributed by atoms with Crippen molar-refractivity contribution in [1.29, 1.82) is 0 Å². The maximum absolute atomic E-state index is 14.2. The lowest BCUT2D eigenvalue weighted by atomic mass is 10.2. The van der Waals surface area contributed by atoms with Gasteiger partial charge in [0.2, 0.25) is 0 Å². The molecule has 2 N–H and O–H groups in total. The van der Waals surface area contributed by atoms with Gasteiger partial charge in [0.05, 0.1) is 12.8 Å². The first-order valence-corrected chi connectivity index (χ1v) is 7.58. The third-order valence-corrected chi connectivity index (χ3v) is 3.47. The van der Waals surface area contributed by atoms with Crippen molar-refractivity contribution in [1.82, 2.24) is 9.78 Å². The first-order valence-electron chi connectivity index (χ1n) is 7.58. The number of anilines is 1. The Morgan fingerprint density at radius 2 is 2.00 bits per heavy atom. The molecule has 3 aromatic rings. The molecule has 1 heterocycles. The van der Waals surface area contributed by atoms with Crippen molar-refractivity contribution in [3.05, 3.63) is 77.9 Å². The summed E-state index contributed by atoms with van der Waals surface area (Å²) in [7, 11) is 0. The highest BCUT2D eigenvalue weighted by atomic mass is 19.1. The Hall–Kier alpha value is -3.19. The number of carbonyl (C=O) groups excluding carboxylic acids is 1. The molecule has 0 saturated heterocycles. The summed E-state index contributed by atoms with van der Waals surface area (Å²) in [5, 5.41) is 15.5. The zero-order valence-corrected chi connectivity index (χ0v) is 13.2. The fourth-order valence-corrected chi connectivity index (χ4v) is 2.22. The van der Waals surface area contributed by atoms with E-state index in [1.54, 1.807) is 6.07 Å². The van der Waals surface area contributed by atoms with E-state index >= 15 is 0 Å². The van der Waals surface area contributed by atoms with Crippen molar-refractivity contribution in [2.75, 3.05) is 5.32 Å². The smallest absolute Gasteiger partial charge is 0.411 e. The van der Waals surface area contributed by atoms with Crippen molar-refractivity contribution in [2.24, 2.45) is 0 Å². The number of hydrogen-bond acceptors (Lipinski definition) is 4. The number of nitrogens with zero attached hydrogens (tertiary/aromatic N) is 2. The lowest BCUT2D eigenvalue weighted by Gasteiger charge is -2.09. The summed E-state index contributed by atoms with van der Waals surface area (Å²) in [5.41, 5.74) is 1.92. The normalized spacial score (nSPS) is 10.5. The van der Waals surface area contributed by atoms with Gasteiger partial charge in [0.1, 0.15) is 12.3 Å². The molecule has 7 heteroatoms. The molecule has 3 rings (SSSR count). The monoisotopic (exact) mass is 341 g/mol. The second-order valence-corrected chi connectivity index (χ2v) is 5.30. The van der Waals surface area contributed by atoms with Crippen LogP contribution in [0.4, 0.5) is 14.9 Å². The summed E-state index contributed by atoms with van der Waals surface area (Å²) in [6.45, 7) is -0.0427. The number of aliphatic hydroxyl groups is 1. The van der Waals surface area contributed by atoms with Gasteiger partial charge in [0, 0.05) is 17.4 Å². The molecule has 1 aromatic heterocycles. The fourth-order valence-electron chi connectivity index (χ4n) is 2.22. The van der Waals surface area contributed by atoms with E-state index in [1.165, 1.54) is 29.2 Å². The molecule has 0 aliphatic rings. The van der Waals surface area contributed by atoms with Crippen molar-refractivity contribution in [3.63, 3.8) is 0 Å². The first kappa shape index (κ1) is 16.7. The van der Waals surface area contributed by atoms with Gasteiger partial charge >= 0.3 is 6.09 Å². The Morgan fingerprint density at radius 3 is 2.68 bits per heavy atom. The van der Waals surface area contributed by atoms with Crippen LogP contribution in [0.1, 0.15) is 11.1 Å². The van der Waals surface area contributed by atoms with Crippen molar-refractivity contribution in [3.8, 4) is 5.69 Å². The molecule has 0 spiro atoms. The average Bonchev–Trinajstić information content (AvgIpc) is 3.10. The summed E-state index contributed by atoms with van der Waals surface area (Å²) in [5.74, 6) is -0.562. The predicted octanol–water partition coefficient (Wildman–Crippen LogP) is 3.25. The number of hydrogen-bond donors (Lipinski definition) is 2. The number of halogens is 1. The largest absolute Gasteiger partial charge is 0.444 e. The Labute approximate surface area is 143 Å². The molecular formula is C18H16FN3O3. The maximum Gasteiger partial charge on any atom is 0.411 e. The Kier molecular flexibility index (Phi) is 5.06. The number of aliphatic hydroxyl groups excluding tert-OH is 1. The minimum absolute atomic E-state index is 0.129. The van der Waals surface area contributed by atoms with E-state index in [9.17, 15) is 9.18 Å². The minimum atomic E-state index is -0.669. The summed E-state index contributed by atoms with van der Waals surface area (Å²) in [6, 6.07) is 13.5. The predicted molar refractivity (Wildman–Crippen MR) is 89.7 cm³/mol. The van der Waals surface area contributed by atoms with Crippen LogP contribution in [0, 0.1) is 5.82 Å². The molecule has 0 radical (unpaired) electrons. The number of amides is 1. The Balaban J connectivity index is 1.63. The van der Waals surface area contributed by atoms with Gasteiger partial charge in [-0.3, -0.25) is 5.32 Å². The number of aromatic nitrogens is 2. The van der Waals surface area contributed by atoms with Crippen molar-refractivity contribution in [2.45, 2.75) is 13.2 Å². The quantitative estimate of drug-likeness (QED) is 0.747. The molecule has 25 heavy (non-hydrogen) atoms. The molecule has 128 valence electrons. The van der Waals surface area contributed by atoms with E-state index in [4.69, 9.17) is 9.84 Å². The lowest BCUT2D eigenvalue weighted by Crippen LogP contribution is -2.14. The second kappa shape index (κ2) is 7.59. The first-order chi connectivity index (χ1) is 12.2. The molecule has 0 saturated carbocycles. The lowest BCUT2D eigenvalue weighted by molar-refractivity contribution is 0.155. The number of ether oxygens (including phenoxy) is 1. The standard InChI is InChI=1S/C18H16FN3O3/c19-16-8-15(6-7-17(16)22-10-14(11-23)9-20-22)21-18(24)25-12-13-4-2-1-3-5-13/h1-10,23H,11-12H2,(H,21,24). The van der Waals surface area contributed by atoms with E-state index in [0.717, 1.165) is 5.56 Å². The van der Waals surface area contributed by atoms with E-state index < -0.39 is 11.9 Å². The third-order valence-electron chi connectivity index (χ3n) is 3.47. The highest BCUT2D eigenvalue weighted by molar-refractivity contribution is 5.84. The van der Waals surface area contributed by atoms with Gasteiger partial charge in [-0.15, -0.1) is 0 Å². The van der Waals surface area contributed by atoms with Gasteiger partial charge in [-0.05, 0) is 23.8 Å². The van der Waals surface area contributed by atoms with E-state index in [-0.39, 0.29) is 24.6 Å². The van der Waals surface area contributed by atoms with Crippen LogP contribution in [-0.2, 0) is 18.0 Å². The highest BCUT2D eigenvalue weighted by Gasteiger charge is 2.10. The average molecular weight is 341 g/mol. The Bertz CT molecular complexity index is 865. The number of nitrogens with one attached hydrogen (secondary N) is 1. The Morgan fingerprint density at radius 1 is 1.20 bits per heavy atom. The molecule has 0 atom stereocenters. The van der Waals surface area contributed by atoms with Gasteiger partial charge in [-0.25, -0.2) is 13.9 Å². The molecule has 0 unspecified atom stereocenters. The van der Waals surface area contributed by atoms with Gasteiger partial charge in [-0.2, -0.15) is 5.10 Å². The van der Waals surface area contributed by atoms with Crippen LogP contribution in [0.5, 0.6) is 0 Å². The van der Waals surface area contributed by atoms with Crippen LogP contribution in [0.2, 0.25) is 0 Å². The third kappa shape index (κ3) is 4.21. The number of rotatable bonds is 5. The summed E-state index contributed by atoms with van der Waals surface area (Å²) < 4.78 is 20.6. The van der Waals surface area contributed by atoms with E-state index in [1.807, 2.05) is 30.3 Å². The summed E-state index contributed by atoms with van der Waals surface area (Å²) in [6.07, 6.45) is 2.31. The zero-order chi connectivity index (χ0) is 17.6. The van der Waals surface area contributed by atoms with Gasteiger partial charge in [0.25, 0.3) is 0 Å². The van der Waals surface area contributed by atoms with Gasteiger partial charge < -0.3 is 9.84 Å². The van der Waals surface area contributed by atoms with E-state index in [0.29, 0.717) is 5.56 Å². The molecule has 6 nitrogen and oxygen atoms in total. The van der Waals surface area contributed by atoms with Crippen molar-refractivity contribution >= 4 is 11.8 Å². The molecule has 0 aliphatic carbocycles. The summed E-state index contributed by atoms with van der Waals surface area (Å²) >= 11 is 0. The highest BCUT2D eigenvalue weighted by Crippen LogP contribution is 2.18. The fraction of sp³-hybridized carbons (Fsp3) is 0.111. The zero-order valence-electron chi connectivity index (χ0n) is 13.2. The van der Waals surface area contributed by atoms with Gasteiger partial charge in [-0.1, -0.05) is 30.3 Å². The molecule has 2 aromatic carbocycles. The molecule has 0 fully saturated rings. The maximum atomic E-state index is 14.2. The van der Waals surface area contributed by atoms with Crippen LogP contribution in [0.3, 0.4) is 0 Å². The number of benzene rings is 2. The topological polar surface area (TPSA) is 76.4 Å². The van der Waals surface area contributed by atoms with Crippen LogP contribution in [-0.4, -0.2) is 21.0 Å². The van der Waals surface area contributed by atoms with E-state index in [2.05, 4.69) is 10.4 Å².